The molecule has 0 atom stereocenters. The number of halogens is 1. The van der Waals surface area contributed by atoms with Crippen molar-refractivity contribution in [3.05, 3.63) is 59.1 Å². The Morgan fingerprint density at radius 2 is 2.00 bits per heavy atom. The van der Waals surface area contributed by atoms with Crippen LogP contribution in [0.1, 0.15) is 12.5 Å². The summed E-state index contributed by atoms with van der Waals surface area (Å²) >= 11 is 7.69. The minimum absolute atomic E-state index is 0.555. The third kappa shape index (κ3) is 4.42. The van der Waals surface area contributed by atoms with E-state index in [1.807, 2.05) is 61.3 Å². The molecule has 0 amide bonds. The molecule has 6 heteroatoms. The largest absolute Gasteiger partial charge is 0.445 e. The molecule has 2 aromatic carbocycles. The van der Waals surface area contributed by atoms with E-state index in [0.717, 1.165) is 34.1 Å². The van der Waals surface area contributed by atoms with Gasteiger partial charge in [0.2, 0.25) is 5.06 Å². The van der Waals surface area contributed by atoms with Gasteiger partial charge in [0.05, 0.1) is 22.7 Å². The standard InChI is InChI=1S/C20H20ClN3OS/c1-4-24(3)13-22-18-10-14(2)19(11-16(18)21)25-20-12-17(23-26-20)15-8-6-5-7-9-15/h5-13H,4H2,1-3H3/b22-13-. The lowest BCUT2D eigenvalue weighted by Gasteiger charge is -2.11. The summed E-state index contributed by atoms with van der Waals surface area (Å²) in [6.45, 7) is 4.93. The summed E-state index contributed by atoms with van der Waals surface area (Å²) in [4.78, 5) is 6.42. The quantitative estimate of drug-likeness (QED) is 0.375. The number of benzene rings is 2. The van der Waals surface area contributed by atoms with Crippen molar-refractivity contribution in [2.24, 2.45) is 4.99 Å². The van der Waals surface area contributed by atoms with Crippen LogP contribution in [0.3, 0.4) is 0 Å². The van der Waals surface area contributed by atoms with Gasteiger partial charge >= 0.3 is 0 Å². The van der Waals surface area contributed by atoms with Crippen molar-refractivity contribution in [3.8, 4) is 22.1 Å². The highest BCUT2D eigenvalue weighted by Crippen LogP contribution is 2.37. The van der Waals surface area contributed by atoms with Crippen molar-refractivity contribution in [2.45, 2.75) is 13.8 Å². The van der Waals surface area contributed by atoms with Crippen molar-refractivity contribution in [2.75, 3.05) is 13.6 Å². The summed E-state index contributed by atoms with van der Waals surface area (Å²) in [6.07, 6.45) is 1.77. The predicted molar refractivity (Wildman–Crippen MR) is 110 cm³/mol. The number of hydrogen-bond donors (Lipinski definition) is 0. The number of nitrogens with zero attached hydrogens (tertiary/aromatic N) is 3. The van der Waals surface area contributed by atoms with Crippen LogP contribution in [0.5, 0.6) is 10.8 Å². The van der Waals surface area contributed by atoms with E-state index < -0.39 is 0 Å². The Bertz CT molecular complexity index is 909. The zero-order chi connectivity index (χ0) is 18.5. The van der Waals surface area contributed by atoms with Crippen LogP contribution in [0, 0.1) is 6.92 Å². The van der Waals surface area contributed by atoms with Crippen LogP contribution in [0.15, 0.2) is 53.5 Å². The van der Waals surface area contributed by atoms with Crippen LogP contribution in [-0.2, 0) is 0 Å². The molecule has 0 saturated carbocycles. The minimum Gasteiger partial charge on any atom is -0.445 e. The summed E-state index contributed by atoms with van der Waals surface area (Å²) in [5, 5.41) is 1.28. The highest BCUT2D eigenvalue weighted by atomic mass is 35.5. The monoisotopic (exact) mass is 385 g/mol. The zero-order valence-electron chi connectivity index (χ0n) is 14.9. The summed E-state index contributed by atoms with van der Waals surface area (Å²) in [5.41, 5.74) is 3.66. The first-order valence-electron chi connectivity index (χ1n) is 8.31. The second kappa shape index (κ2) is 8.34. The van der Waals surface area contributed by atoms with E-state index in [4.69, 9.17) is 16.3 Å². The number of rotatable bonds is 6. The number of aliphatic imine (C=N–C) groups is 1. The third-order valence-electron chi connectivity index (χ3n) is 3.91. The fraction of sp³-hybridized carbons (Fsp3) is 0.200. The van der Waals surface area contributed by atoms with Crippen LogP contribution in [0.4, 0.5) is 5.69 Å². The molecule has 26 heavy (non-hydrogen) atoms. The molecule has 3 aromatic rings. The smallest absolute Gasteiger partial charge is 0.200 e. The molecule has 0 unspecified atom stereocenters. The number of aromatic nitrogens is 1. The lowest BCUT2D eigenvalue weighted by atomic mass is 10.2. The molecular formula is C20H20ClN3OS. The summed E-state index contributed by atoms with van der Waals surface area (Å²) < 4.78 is 10.5. The van der Waals surface area contributed by atoms with E-state index in [1.165, 1.54) is 11.5 Å². The van der Waals surface area contributed by atoms with Crippen LogP contribution in [0.2, 0.25) is 5.02 Å². The van der Waals surface area contributed by atoms with E-state index in [2.05, 4.69) is 16.3 Å². The molecule has 0 aliphatic heterocycles. The molecule has 0 radical (unpaired) electrons. The Hall–Kier alpha value is -2.37. The maximum absolute atomic E-state index is 6.37. The van der Waals surface area contributed by atoms with Crippen LogP contribution in [0.25, 0.3) is 11.3 Å². The van der Waals surface area contributed by atoms with Crippen molar-refractivity contribution in [1.29, 1.82) is 0 Å². The van der Waals surface area contributed by atoms with Gasteiger partial charge in [-0.1, -0.05) is 41.9 Å². The van der Waals surface area contributed by atoms with Crippen molar-refractivity contribution >= 4 is 35.2 Å². The van der Waals surface area contributed by atoms with Gasteiger partial charge in [0.1, 0.15) is 5.75 Å². The van der Waals surface area contributed by atoms with Gasteiger partial charge in [0, 0.05) is 42.8 Å². The molecule has 1 heterocycles. The SMILES string of the molecule is CCN(C)/C=N\c1cc(C)c(Oc2cc(-c3ccccc3)ns2)cc1Cl. The zero-order valence-corrected chi connectivity index (χ0v) is 16.5. The van der Waals surface area contributed by atoms with Gasteiger partial charge in [-0.2, -0.15) is 4.37 Å². The molecule has 0 fully saturated rings. The maximum atomic E-state index is 6.37. The normalized spacial score (nSPS) is 11.1. The number of hydrogen-bond acceptors (Lipinski definition) is 4. The average molecular weight is 386 g/mol. The highest BCUT2D eigenvalue weighted by molar-refractivity contribution is 7.08. The van der Waals surface area contributed by atoms with E-state index in [9.17, 15) is 0 Å². The molecule has 0 spiro atoms. The predicted octanol–water partition coefficient (Wildman–Crippen LogP) is 6.18. The fourth-order valence-electron chi connectivity index (χ4n) is 2.26. The van der Waals surface area contributed by atoms with E-state index in [0.29, 0.717) is 10.8 Å². The topological polar surface area (TPSA) is 37.7 Å². The van der Waals surface area contributed by atoms with E-state index in [-0.39, 0.29) is 0 Å². The number of ether oxygens (including phenoxy) is 1. The Morgan fingerprint density at radius 1 is 1.23 bits per heavy atom. The average Bonchev–Trinajstić information content (AvgIpc) is 3.12. The second-order valence-corrected chi connectivity index (χ2v) is 7.06. The summed E-state index contributed by atoms with van der Waals surface area (Å²) in [7, 11) is 1.97. The molecule has 0 N–H and O–H groups in total. The van der Waals surface area contributed by atoms with Crippen LogP contribution >= 0.6 is 23.1 Å². The van der Waals surface area contributed by atoms with E-state index in [1.54, 1.807) is 12.4 Å². The van der Waals surface area contributed by atoms with E-state index >= 15 is 0 Å². The molecule has 0 aliphatic carbocycles. The van der Waals surface area contributed by atoms with Crippen molar-refractivity contribution in [3.63, 3.8) is 0 Å². The second-order valence-electron chi connectivity index (χ2n) is 5.89. The van der Waals surface area contributed by atoms with Crippen LogP contribution in [-0.4, -0.2) is 29.2 Å². The first kappa shape index (κ1) is 18.4. The number of aryl methyl sites for hydroxylation is 1. The van der Waals surface area contributed by atoms with Crippen molar-refractivity contribution in [1.82, 2.24) is 9.27 Å². The van der Waals surface area contributed by atoms with Gasteiger partial charge in [-0.05, 0) is 25.5 Å². The van der Waals surface area contributed by atoms with Gasteiger partial charge in [0.25, 0.3) is 0 Å². The third-order valence-corrected chi connectivity index (χ3v) is 4.88. The summed E-state index contributed by atoms with van der Waals surface area (Å²) in [5.74, 6) is 0.709. The van der Waals surface area contributed by atoms with Gasteiger partial charge in [0.15, 0.2) is 0 Å². The Labute approximate surface area is 162 Å². The van der Waals surface area contributed by atoms with Gasteiger partial charge < -0.3 is 9.64 Å². The highest BCUT2D eigenvalue weighted by Gasteiger charge is 2.10. The fourth-order valence-corrected chi connectivity index (χ4v) is 3.10. The molecular weight excluding hydrogens is 366 g/mol. The lowest BCUT2D eigenvalue weighted by molar-refractivity contribution is 0.493. The first-order valence-corrected chi connectivity index (χ1v) is 9.46. The Morgan fingerprint density at radius 3 is 2.73 bits per heavy atom. The molecule has 134 valence electrons. The minimum atomic E-state index is 0.555. The van der Waals surface area contributed by atoms with Gasteiger partial charge in [-0.25, -0.2) is 4.99 Å². The first-order chi connectivity index (χ1) is 12.6. The Kier molecular flexibility index (Phi) is 5.91. The molecule has 1 aromatic heterocycles. The molecule has 0 bridgehead atoms. The molecule has 3 rings (SSSR count). The van der Waals surface area contributed by atoms with Crippen LogP contribution < -0.4 is 4.74 Å². The van der Waals surface area contributed by atoms with Gasteiger partial charge in [-0.3, -0.25) is 0 Å². The van der Waals surface area contributed by atoms with Gasteiger partial charge in [-0.15, -0.1) is 0 Å². The maximum Gasteiger partial charge on any atom is 0.200 e. The lowest BCUT2D eigenvalue weighted by Crippen LogP contribution is -2.14. The Balaban J connectivity index is 1.79. The molecule has 4 nitrogen and oxygen atoms in total. The van der Waals surface area contributed by atoms with Crippen molar-refractivity contribution < 1.29 is 4.74 Å². The molecule has 0 saturated heterocycles. The summed E-state index contributed by atoms with van der Waals surface area (Å²) in [6, 6.07) is 15.7. The molecule has 0 aliphatic rings.